The number of hydrogen-bond donors (Lipinski definition) is 1. The molecule has 8 heteroatoms. The standard InChI is InChI=1S/C18H18ClN3O4/c19-16-7-2-1-6-15(16)17-11-20-8-9-21(17)18(23)12-26-14-5-3-4-13(10-14)22(24)25/h1-7,10,17,20H,8-9,11-12H2. The molecule has 0 saturated carbocycles. The summed E-state index contributed by atoms with van der Waals surface area (Å²) in [5.41, 5.74) is 0.802. The predicted molar refractivity (Wildman–Crippen MR) is 97.4 cm³/mol. The molecule has 1 aliphatic rings. The normalized spacial score (nSPS) is 17.0. The lowest BCUT2D eigenvalue weighted by Crippen LogP contribution is -2.50. The second kappa shape index (κ2) is 8.16. The fourth-order valence-corrected chi connectivity index (χ4v) is 3.20. The van der Waals surface area contributed by atoms with Gasteiger partial charge in [0.15, 0.2) is 6.61 Å². The monoisotopic (exact) mass is 375 g/mol. The minimum Gasteiger partial charge on any atom is -0.484 e. The number of ether oxygens (including phenoxy) is 1. The molecular weight excluding hydrogens is 358 g/mol. The van der Waals surface area contributed by atoms with Crippen molar-refractivity contribution in [3.8, 4) is 5.75 Å². The van der Waals surface area contributed by atoms with Gasteiger partial charge in [0.25, 0.3) is 11.6 Å². The van der Waals surface area contributed by atoms with Gasteiger partial charge in [0.05, 0.1) is 17.0 Å². The van der Waals surface area contributed by atoms with E-state index in [0.29, 0.717) is 24.7 Å². The predicted octanol–water partition coefficient (Wildman–Crippen LogP) is 2.80. The van der Waals surface area contributed by atoms with Crippen LogP contribution in [0.1, 0.15) is 11.6 Å². The third-order valence-electron chi connectivity index (χ3n) is 4.22. The molecule has 2 aromatic carbocycles. The summed E-state index contributed by atoms with van der Waals surface area (Å²) in [7, 11) is 0. The van der Waals surface area contributed by atoms with E-state index in [1.54, 1.807) is 17.0 Å². The molecule has 3 rings (SSSR count). The number of piperazine rings is 1. The molecule has 26 heavy (non-hydrogen) atoms. The molecule has 0 aromatic heterocycles. The molecule has 7 nitrogen and oxygen atoms in total. The highest BCUT2D eigenvalue weighted by atomic mass is 35.5. The number of nitrogens with zero attached hydrogens (tertiary/aromatic N) is 2. The molecule has 0 spiro atoms. The van der Waals surface area contributed by atoms with Gasteiger partial charge in [0.2, 0.25) is 0 Å². The average molecular weight is 376 g/mol. The Hall–Kier alpha value is -2.64. The largest absolute Gasteiger partial charge is 0.484 e. The van der Waals surface area contributed by atoms with E-state index in [1.807, 2.05) is 18.2 Å². The Labute approximate surface area is 155 Å². The summed E-state index contributed by atoms with van der Waals surface area (Å²) in [5, 5.41) is 14.7. The number of amides is 1. The molecular formula is C18H18ClN3O4. The van der Waals surface area contributed by atoms with Crippen molar-refractivity contribution in [3.05, 3.63) is 69.2 Å². The third kappa shape index (κ3) is 4.12. The molecule has 1 fully saturated rings. The molecule has 1 atom stereocenters. The fraction of sp³-hybridized carbons (Fsp3) is 0.278. The van der Waals surface area contributed by atoms with Gasteiger partial charge in [-0.15, -0.1) is 0 Å². The van der Waals surface area contributed by atoms with E-state index in [4.69, 9.17) is 16.3 Å². The molecule has 1 aliphatic heterocycles. The summed E-state index contributed by atoms with van der Waals surface area (Å²) in [6.07, 6.45) is 0. The van der Waals surface area contributed by atoms with Crippen LogP contribution in [-0.4, -0.2) is 42.0 Å². The summed E-state index contributed by atoms with van der Waals surface area (Å²) in [4.78, 5) is 24.7. The first-order valence-corrected chi connectivity index (χ1v) is 8.56. The van der Waals surface area contributed by atoms with Gasteiger partial charge >= 0.3 is 0 Å². The summed E-state index contributed by atoms with van der Waals surface area (Å²) in [5.74, 6) is 0.0971. The molecule has 0 radical (unpaired) electrons. The Balaban J connectivity index is 1.70. The van der Waals surface area contributed by atoms with Crippen LogP contribution in [0.4, 0.5) is 5.69 Å². The maximum Gasteiger partial charge on any atom is 0.273 e. The maximum atomic E-state index is 12.7. The lowest BCUT2D eigenvalue weighted by molar-refractivity contribution is -0.384. The van der Waals surface area contributed by atoms with Crippen molar-refractivity contribution in [3.63, 3.8) is 0 Å². The van der Waals surface area contributed by atoms with Crippen LogP contribution >= 0.6 is 11.6 Å². The average Bonchev–Trinajstić information content (AvgIpc) is 2.67. The zero-order chi connectivity index (χ0) is 18.5. The molecule has 1 N–H and O–H groups in total. The first-order chi connectivity index (χ1) is 12.6. The highest BCUT2D eigenvalue weighted by Gasteiger charge is 2.29. The van der Waals surface area contributed by atoms with Crippen LogP contribution in [0.2, 0.25) is 5.02 Å². The van der Waals surface area contributed by atoms with Gasteiger partial charge < -0.3 is 15.0 Å². The van der Waals surface area contributed by atoms with Gasteiger partial charge in [-0.1, -0.05) is 35.9 Å². The van der Waals surface area contributed by atoms with Crippen molar-refractivity contribution >= 4 is 23.2 Å². The fourth-order valence-electron chi connectivity index (χ4n) is 2.94. The number of rotatable bonds is 5. The van der Waals surface area contributed by atoms with Crippen molar-refractivity contribution in [2.75, 3.05) is 26.2 Å². The molecule has 1 saturated heterocycles. The smallest absolute Gasteiger partial charge is 0.273 e. The summed E-state index contributed by atoms with van der Waals surface area (Å²) in [6.45, 7) is 1.63. The van der Waals surface area contributed by atoms with Crippen molar-refractivity contribution in [2.24, 2.45) is 0 Å². The van der Waals surface area contributed by atoms with Gasteiger partial charge in [-0.3, -0.25) is 14.9 Å². The zero-order valence-corrected chi connectivity index (χ0v) is 14.7. The molecule has 1 heterocycles. The van der Waals surface area contributed by atoms with E-state index >= 15 is 0 Å². The Bertz CT molecular complexity index is 815. The molecule has 0 aliphatic carbocycles. The molecule has 2 aromatic rings. The van der Waals surface area contributed by atoms with Crippen LogP contribution in [0.15, 0.2) is 48.5 Å². The van der Waals surface area contributed by atoms with Gasteiger partial charge in [-0.2, -0.15) is 0 Å². The van der Waals surface area contributed by atoms with Crippen LogP contribution in [0, 0.1) is 10.1 Å². The first kappa shape index (κ1) is 18.2. The van der Waals surface area contributed by atoms with Gasteiger partial charge in [0, 0.05) is 30.7 Å². The van der Waals surface area contributed by atoms with Crippen molar-refractivity contribution in [2.45, 2.75) is 6.04 Å². The second-order valence-electron chi connectivity index (χ2n) is 5.87. The highest BCUT2D eigenvalue weighted by Crippen LogP contribution is 2.28. The summed E-state index contributed by atoms with van der Waals surface area (Å²) in [6, 6.07) is 13.0. The van der Waals surface area contributed by atoms with Crippen molar-refractivity contribution < 1.29 is 14.5 Å². The minimum atomic E-state index is -0.502. The maximum absolute atomic E-state index is 12.7. The van der Waals surface area contributed by atoms with Crippen LogP contribution in [0.25, 0.3) is 0 Å². The number of nitrogens with one attached hydrogen (secondary N) is 1. The van der Waals surface area contributed by atoms with E-state index in [2.05, 4.69) is 5.32 Å². The number of halogens is 1. The summed E-state index contributed by atoms with van der Waals surface area (Å²) < 4.78 is 5.48. The number of nitro groups is 1. The van der Waals surface area contributed by atoms with Gasteiger partial charge in [0.1, 0.15) is 5.75 Å². The van der Waals surface area contributed by atoms with E-state index < -0.39 is 4.92 Å². The Morgan fingerprint density at radius 3 is 2.88 bits per heavy atom. The van der Waals surface area contributed by atoms with E-state index in [9.17, 15) is 14.9 Å². The van der Waals surface area contributed by atoms with E-state index in [0.717, 1.165) is 5.56 Å². The van der Waals surface area contributed by atoms with Crippen molar-refractivity contribution in [1.29, 1.82) is 0 Å². The Kier molecular flexibility index (Phi) is 5.70. The minimum absolute atomic E-state index is 0.0777. The molecule has 1 unspecified atom stereocenters. The van der Waals surface area contributed by atoms with Gasteiger partial charge in [-0.05, 0) is 17.7 Å². The van der Waals surface area contributed by atoms with Crippen LogP contribution in [-0.2, 0) is 4.79 Å². The number of carbonyl (C=O) groups excluding carboxylic acids is 1. The van der Waals surface area contributed by atoms with E-state index in [1.165, 1.54) is 18.2 Å². The van der Waals surface area contributed by atoms with Crippen LogP contribution in [0.5, 0.6) is 5.75 Å². The SMILES string of the molecule is O=C(COc1cccc([N+](=O)[O-])c1)N1CCNCC1c1ccccc1Cl. The lowest BCUT2D eigenvalue weighted by Gasteiger charge is -2.36. The highest BCUT2D eigenvalue weighted by molar-refractivity contribution is 6.31. The first-order valence-electron chi connectivity index (χ1n) is 8.18. The summed E-state index contributed by atoms with van der Waals surface area (Å²) >= 11 is 6.29. The van der Waals surface area contributed by atoms with E-state index in [-0.39, 0.29) is 30.0 Å². The van der Waals surface area contributed by atoms with Crippen LogP contribution < -0.4 is 10.1 Å². The quantitative estimate of drug-likeness (QED) is 0.641. The Morgan fingerprint density at radius 2 is 2.12 bits per heavy atom. The topological polar surface area (TPSA) is 84.7 Å². The number of non-ortho nitro benzene ring substituents is 1. The zero-order valence-electron chi connectivity index (χ0n) is 13.9. The number of nitro benzene ring substituents is 1. The lowest BCUT2D eigenvalue weighted by atomic mass is 10.0. The number of carbonyl (C=O) groups is 1. The number of hydrogen-bond acceptors (Lipinski definition) is 5. The number of benzene rings is 2. The Morgan fingerprint density at radius 1 is 1.31 bits per heavy atom. The van der Waals surface area contributed by atoms with Crippen LogP contribution in [0.3, 0.4) is 0 Å². The molecule has 1 amide bonds. The molecule has 0 bridgehead atoms. The van der Waals surface area contributed by atoms with Crippen molar-refractivity contribution in [1.82, 2.24) is 10.2 Å². The third-order valence-corrected chi connectivity index (χ3v) is 4.56. The second-order valence-corrected chi connectivity index (χ2v) is 6.28. The molecule has 136 valence electrons. The van der Waals surface area contributed by atoms with Gasteiger partial charge in [-0.25, -0.2) is 0 Å².